The molecule has 1 aliphatic heterocycles. The molecule has 1 atom stereocenters. The molecule has 1 fully saturated rings. The molecule has 0 saturated carbocycles. The van der Waals surface area contributed by atoms with Crippen molar-refractivity contribution >= 4 is 52.6 Å². The van der Waals surface area contributed by atoms with Gasteiger partial charge in [-0.3, -0.25) is 19.7 Å². The largest absolute Gasteiger partial charge is 0.480 e. The van der Waals surface area contributed by atoms with Gasteiger partial charge in [0, 0.05) is 24.3 Å². The number of carboxylic acid groups (broad SMARTS) is 1. The van der Waals surface area contributed by atoms with Gasteiger partial charge in [0.15, 0.2) is 0 Å². The van der Waals surface area contributed by atoms with Crippen molar-refractivity contribution in [3.05, 3.63) is 70.1 Å². The zero-order chi connectivity index (χ0) is 30.0. The minimum atomic E-state index is -1.12. The molecule has 41 heavy (non-hydrogen) atoms. The Morgan fingerprint density at radius 2 is 1.71 bits per heavy atom. The van der Waals surface area contributed by atoms with E-state index in [1.54, 1.807) is 51.1 Å². The van der Waals surface area contributed by atoms with Gasteiger partial charge in [-0.25, -0.2) is 9.59 Å². The predicted molar refractivity (Wildman–Crippen MR) is 156 cm³/mol. The van der Waals surface area contributed by atoms with Crippen LogP contribution < -0.4 is 21.3 Å². The lowest BCUT2D eigenvalue weighted by Crippen LogP contribution is -2.40. The van der Waals surface area contributed by atoms with Crippen molar-refractivity contribution < 1.29 is 33.8 Å². The lowest BCUT2D eigenvalue weighted by Gasteiger charge is -2.19. The van der Waals surface area contributed by atoms with Gasteiger partial charge in [-0.15, -0.1) is 0 Å². The molecular weight excluding hydrogens is 548 g/mol. The molecule has 4 amide bonds. The van der Waals surface area contributed by atoms with E-state index in [2.05, 4.69) is 21.3 Å². The standard InChI is InChI=1S/C29H34N4O7S/c1-29(2,3)40-27(38)30-15-5-4-6-22(26(36)37)32-24(34)20-11-7-19(8-12-20)17-31-21-13-9-18(10-14-21)16-23-25(35)33-28(39)41-23/h7-14,16,22,31H,4-6,15,17H2,1-3H3,(H,30,38)(H,32,34)(H,36,37)(H,33,35,39)/b23-16-/t22-/m0/s1. The number of carbonyl (C=O) groups is 5. The van der Waals surface area contributed by atoms with Gasteiger partial charge in [-0.2, -0.15) is 0 Å². The van der Waals surface area contributed by atoms with E-state index in [0.29, 0.717) is 36.4 Å². The lowest BCUT2D eigenvalue weighted by molar-refractivity contribution is -0.139. The molecule has 0 aliphatic carbocycles. The first-order chi connectivity index (χ1) is 19.4. The molecule has 0 spiro atoms. The maximum atomic E-state index is 12.6. The molecule has 0 aromatic heterocycles. The van der Waals surface area contributed by atoms with Crippen molar-refractivity contribution in [3.63, 3.8) is 0 Å². The van der Waals surface area contributed by atoms with Crippen molar-refractivity contribution in [2.45, 2.75) is 58.2 Å². The maximum Gasteiger partial charge on any atom is 0.407 e. The second-order valence-electron chi connectivity index (χ2n) is 10.3. The number of anilines is 1. The summed E-state index contributed by atoms with van der Waals surface area (Å²) in [7, 11) is 0. The molecule has 2 aromatic carbocycles. The van der Waals surface area contributed by atoms with E-state index >= 15 is 0 Å². The molecule has 1 heterocycles. The number of rotatable bonds is 12. The van der Waals surface area contributed by atoms with E-state index in [9.17, 15) is 29.1 Å². The number of aliphatic carboxylic acids is 1. The number of unbranched alkanes of at least 4 members (excludes halogenated alkanes) is 1. The Kier molecular flexibility index (Phi) is 10.9. The fourth-order valence-electron chi connectivity index (χ4n) is 3.72. The highest BCUT2D eigenvalue weighted by molar-refractivity contribution is 8.18. The first kappa shape index (κ1) is 31.2. The van der Waals surface area contributed by atoms with Gasteiger partial charge >= 0.3 is 12.1 Å². The summed E-state index contributed by atoms with van der Waals surface area (Å²) >= 11 is 0.867. The third-order valence-corrected chi connectivity index (χ3v) is 6.57. The zero-order valence-electron chi connectivity index (χ0n) is 23.1. The van der Waals surface area contributed by atoms with Gasteiger partial charge in [0.2, 0.25) is 0 Å². The van der Waals surface area contributed by atoms with Crippen LogP contribution in [0.3, 0.4) is 0 Å². The first-order valence-corrected chi connectivity index (χ1v) is 13.9. The smallest absolute Gasteiger partial charge is 0.407 e. The van der Waals surface area contributed by atoms with E-state index in [-0.39, 0.29) is 11.7 Å². The highest BCUT2D eigenvalue weighted by Crippen LogP contribution is 2.26. The van der Waals surface area contributed by atoms with Gasteiger partial charge < -0.3 is 25.8 Å². The van der Waals surface area contributed by atoms with Gasteiger partial charge in [-0.05, 0) is 93.3 Å². The Hall–Kier alpha value is -4.32. The fraction of sp³-hybridized carbons (Fsp3) is 0.345. The second-order valence-corrected chi connectivity index (χ2v) is 11.3. The minimum absolute atomic E-state index is 0.221. The average molecular weight is 583 g/mol. The van der Waals surface area contributed by atoms with E-state index in [0.717, 1.165) is 28.6 Å². The van der Waals surface area contributed by atoms with Crippen LogP contribution in [-0.4, -0.2) is 52.4 Å². The van der Waals surface area contributed by atoms with Crippen molar-refractivity contribution in [3.8, 4) is 0 Å². The number of carbonyl (C=O) groups excluding carboxylic acids is 4. The van der Waals surface area contributed by atoms with Crippen LogP contribution >= 0.6 is 11.8 Å². The van der Waals surface area contributed by atoms with Crippen LogP contribution in [0.4, 0.5) is 15.3 Å². The van der Waals surface area contributed by atoms with Crippen LogP contribution in [0.25, 0.3) is 6.08 Å². The van der Waals surface area contributed by atoms with E-state index in [4.69, 9.17) is 4.74 Å². The van der Waals surface area contributed by atoms with Crippen LogP contribution in [0.15, 0.2) is 53.4 Å². The van der Waals surface area contributed by atoms with Crippen molar-refractivity contribution in [1.29, 1.82) is 0 Å². The number of thioether (sulfide) groups is 1. The van der Waals surface area contributed by atoms with Crippen molar-refractivity contribution in [2.75, 3.05) is 11.9 Å². The quantitative estimate of drug-likeness (QED) is 0.179. The normalized spacial score (nSPS) is 14.8. The summed E-state index contributed by atoms with van der Waals surface area (Å²) < 4.78 is 5.15. The highest BCUT2D eigenvalue weighted by Gasteiger charge is 2.25. The summed E-state index contributed by atoms with van der Waals surface area (Å²) in [5.74, 6) is -2.01. The number of nitrogens with one attached hydrogen (secondary N) is 4. The summed E-state index contributed by atoms with van der Waals surface area (Å²) in [6.45, 7) is 6.13. The second kappa shape index (κ2) is 14.4. The minimum Gasteiger partial charge on any atom is -0.480 e. The molecular formula is C29H34N4O7S. The molecule has 3 rings (SSSR count). The fourth-order valence-corrected chi connectivity index (χ4v) is 4.41. The maximum absolute atomic E-state index is 12.6. The van der Waals surface area contributed by atoms with E-state index in [1.165, 1.54) is 0 Å². The number of alkyl carbamates (subject to hydrolysis) is 1. The summed E-state index contributed by atoms with van der Waals surface area (Å²) in [5.41, 5.74) is 2.30. The number of hydrogen-bond acceptors (Lipinski definition) is 8. The lowest BCUT2D eigenvalue weighted by atomic mass is 10.1. The average Bonchev–Trinajstić information content (AvgIpc) is 3.22. The highest BCUT2D eigenvalue weighted by atomic mass is 32.2. The monoisotopic (exact) mass is 582 g/mol. The topological polar surface area (TPSA) is 163 Å². The molecule has 2 aromatic rings. The predicted octanol–water partition coefficient (Wildman–Crippen LogP) is 4.50. The zero-order valence-corrected chi connectivity index (χ0v) is 23.9. The van der Waals surface area contributed by atoms with Gasteiger partial charge in [0.1, 0.15) is 11.6 Å². The molecule has 11 nitrogen and oxygen atoms in total. The summed E-state index contributed by atoms with van der Waals surface area (Å²) in [5, 5.41) is 19.8. The molecule has 0 radical (unpaired) electrons. The van der Waals surface area contributed by atoms with E-state index in [1.807, 2.05) is 24.3 Å². The number of benzene rings is 2. The Morgan fingerprint density at radius 3 is 2.29 bits per heavy atom. The summed E-state index contributed by atoms with van der Waals surface area (Å²) in [6, 6.07) is 13.2. The Labute approximate surface area is 242 Å². The molecule has 1 saturated heterocycles. The molecule has 0 bridgehead atoms. The Bertz CT molecular complexity index is 1300. The SMILES string of the molecule is CC(C)(C)OC(=O)NCCCC[C@H](NC(=O)c1ccc(CNc2ccc(/C=C3\SC(=O)NC3=O)cc2)cc1)C(=O)O. The summed E-state index contributed by atoms with van der Waals surface area (Å²) in [6.07, 6.45) is 2.37. The number of imide groups is 1. The van der Waals surface area contributed by atoms with E-state index < -0.39 is 35.5 Å². The van der Waals surface area contributed by atoms with Crippen LogP contribution in [0.1, 0.15) is 61.5 Å². The molecule has 218 valence electrons. The third kappa shape index (κ3) is 10.6. The van der Waals surface area contributed by atoms with Crippen LogP contribution in [0, 0.1) is 0 Å². The molecule has 5 N–H and O–H groups in total. The van der Waals surface area contributed by atoms with Gasteiger partial charge in [0.25, 0.3) is 17.1 Å². The molecule has 12 heteroatoms. The molecule has 1 aliphatic rings. The number of ether oxygens (including phenoxy) is 1. The first-order valence-electron chi connectivity index (χ1n) is 13.1. The van der Waals surface area contributed by atoms with Crippen LogP contribution in [0.2, 0.25) is 0 Å². The van der Waals surface area contributed by atoms with Crippen molar-refractivity contribution in [1.82, 2.24) is 16.0 Å². The molecule has 0 unspecified atom stereocenters. The number of carboxylic acids is 1. The van der Waals surface area contributed by atoms with Gasteiger partial charge in [-0.1, -0.05) is 24.3 Å². The number of hydrogen-bond donors (Lipinski definition) is 5. The number of amides is 4. The summed E-state index contributed by atoms with van der Waals surface area (Å²) in [4.78, 5) is 59.3. The van der Waals surface area contributed by atoms with Crippen LogP contribution in [-0.2, 0) is 20.9 Å². The Morgan fingerprint density at radius 1 is 1.02 bits per heavy atom. The van der Waals surface area contributed by atoms with Gasteiger partial charge in [0.05, 0.1) is 4.91 Å². The van der Waals surface area contributed by atoms with Crippen molar-refractivity contribution in [2.24, 2.45) is 0 Å². The Balaban J connectivity index is 1.43. The third-order valence-electron chi connectivity index (χ3n) is 5.75. The van der Waals surface area contributed by atoms with Crippen LogP contribution in [0.5, 0.6) is 0 Å².